The van der Waals surface area contributed by atoms with E-state index in [2.05, 4.69) is 4.98 Å². The van der Waals surface area contributed by atoms with E-state index in [9.17, 15) is 32.3 Å². The van der Waals surface area contributed by atoms with Crippen molar-refractivity contribution >= 4 is 29.3 Å². The minimum absolute atomic E-state index is 0.149. The van der Waals surface area contributed by atoms with E-state index in [1.54, 1.807) is 11.8 Å². The van der Waals surface area contributed by atoms with Gasteiger partial charge in [0, 0.05) is 37.3 Å². The van der Waals surface area contributed by atoms with E-state index in [4.69, 9.17) is 16.3 Å². The van der Waals surface area contributed by atoms with E-state index < -0.39 is 45.9 Å². The number of pyridine rings is 1. The van der Waals surface area contributed by atoms with Crippen molar-refractivity contribution in [1.29, 1.82) is 0 Å². The molecule has 2 saturated heterocycles. The molecule has 0 aliphatic carbocycles. The summed E-state index contributed by atoms with van der Waals surface area (Å²) < 4.78 is 60.1. The molecule has 0 saturated carbocycles. The highest BCUT2D eigenvalue weighted by molar-refractivity contribution is 6.31. The number of carboxylic acid groups (broad SMARTS) is 1. The lowest BCUT2D eigenvalue weighted by atomic mass is 9.83. The molecular weight excluding hydrogens is 506 g/mol. The molecule has 0 radical (unpaired) electrons. The molecule has 1 amide bonds. The van der Waals surface area contributed by atoms with Crippen molar-refractivity contribution in [2.45, 2.75) is 38.9 Å². The lowest BCUT2D eigenvalue weighted by Crippen LogP contribution is -2.58. The van der Waals surface area contributed by atoms with Crippen LogP contribution in [0.4, 0.5) is 23.4 Å². The van der Waals surface area contributed by atoms with Crippen LogP contribution in [0.5, 0.6) is 5.75 Å². The van der Waals surface area contributed by atoms with Gasteiger partial charge in [0.1, 0.15) is 23.4 Å². The molecule has 1 N–H and O–H groups in total. The average Bonchev–Trinajstić information content (AvgIpc) is 3.27. The third-order valence-corrected chi connectivity index (χ3v) is 6.79. The number of rotatable bonds is 6. The summed E-state index contributed by atoms with van der Waals surface area (Å²) in [6.45, 7) is 4.66. The highest BCUT2D eigenvalue weighted by Gasteiger charge is 2.42. The van der Waals surface area contributed by atoms with Crippen LogP contribution in [0.25, 0.3) is 0 Å². The van der Waals surface area contributed by atoms with Gasteiger partial charge in [-0.1, -0.05) is 18.5 Å². The number of carbonyl (C=O) groups excluding carboxylic acids is 1. The Kier molecular flexibility index (Phi) is 6.80. The van der Waals surface area contributed by atoms with Gasteiger partial charge in [-0.05, 0) is 37.5 Å². The van der Waals surface area contributed by atoms with Crippen molar-refractivity contribution in [3.8, 4) is 5.75 Å². The van der Waals surface area contributed by atoms with Crippen LogP contribution in [0, 0.1) is 18.2 Å². The smallest absolute Gasteiger partial charge is 0.418 e. The molecule has 12 heteroatoms. The Bertz CT molecular complexity index is 1200. The van der Waals surface area contributed by atoms with E-state index >= 15 is 0 Å². The number of anilines is 1. The molecule has 1 aromatic carbocycles. The molecule has 2 aliphatic rings. The van der Waals surface area contributed by atoms with Gasteiger partial charge in [-0.25, -0.2) is 14.2 Å². The fourth-order valence-electron chi connectivity index (χ4n) is 4.60. The second kappa shape index (κ2) is 9.42. The number of hydrogen-bond donors (Lipinski definition) is 1. The second-order valence-electron chi connectivity index (χ2n) is 9.57. The largest absolute Gasteiger partial charge is 0.492 e. The minimum atomic E-state index is -4.59. The molecule has 0 bridgehead atoms. The first-order valence-electron chi connectivity index (χ1n) is 11.2. The number of ether oxygens (including phenoxy) is 1. The van der Waals surface area contributed by atoms with Gasteiger partial charge in [-0.2, -0.15) is 13.2 Å². The molecular formula is C24H24ClF4N3O4. The van der Waals surface area contributed by atoms with Crippen LogP contribution in [0.15, 0.2) is 24.4 Å². The number of aromatic nitrogens is 1. The Morgan fingerprint density at radius 3 is 2.61 bits per heavy atom. The van der Waals surface area contributed by atoms with Crippen molar-refractivity contribution in [2.24, 2.45) is 5.41 Å². The third kappa shape index (κ3) is 5.07. The van der Waals surface area contributed by atoms with Crippen molar-refractivity contribution in [1.82, 2.24) is 9.88 Å². The number of halogens is 5. The summed E-state index contributed by atoms with van der Waals surface area (Å²) in [6.07, 6.45) is -2.77. The number of aryl methyl sites for hydroxylation is 1. The summed E-state index contributed by atoms with van der Waals surface area (Å²) in [7, 11) is 0. The molecule has 7 nitrogen and oxygen atoms in total. The maximum Gasteiger partial charge on any atom is 0.418 e. The van der Waals surface area contributed by atoms with Crippen LogP contribution in [0.3, 0.4) is 0 Å². The summed E-state index contributed by atoms with van der Waals surface area (Å²) in [5.74, 6) is -2.24. The summed E-state index contributed by atoms with van der Waals surface area (Å²) in [4.78, 5) is 31.0. The zero-order chi connectivity index (χ0) is 26.4. The molecule has 0 spiro atoms. The Labute approximate surface area is 209 Å². The average molecular weight is 530 g/mol. The molecule has 1 aromatic heterocycles. The third-order valence-electron chi connectivity index (χ3n) is 6.49. The fraction of sp³-hybridized carbons (Fsp3) is 0.458. The van der Waals surface area contributed by atoms with Crippen molar-refractivity contribution in [2.75, 3.05) is 31.1 Å². The van der Waals surface area contributed by atoms with Gasteiger partial charge >= 0.3 is 12.1 Å². The number of alkyl halides is 3. The lowest BCUT2D eigenvalue weighted by Gasteiger charge is -2.48. The number of hydrogen-bond acceptors (Lipinski definition) is 5. The van der Waals surface area contributed by atoms with Gasteiger partial charge in [0.25, 0.3) is 5.91 Å². The second-order valence-corrected chi connectivity index (χ2v) is 9.98. The van der Waals surface area contributed by atoms with E-state index in [1.165, 1.54) is 11.0 Å². The van der Waals surface area contributed by atoms with E-state index in [-0.39, 0.29) is 30.3 Å². The monoisotopic (exact) mass is 529 g/mol. The predicted octanol–water partition coefficient (Wildman–Crippen LogP) is 4.80. The fourth-order valence-corrected chi connectivity index (χ4v) is 4.81. The molecule has 2 fully saturated rings. The van der Waals surface area contributed by atoms with Crippen LogP contribution in [-0.2, 0) is 11.0 Å². The normalized spacial score (nSPS) is 19.2. The first-order chi connectivity index (χ1) is 16.8. The number of carboxylic acids is 1. The van der Waals surface area contributed by atoms with Gasteiger partial charge in [0.05, 0.1) is 22.8 Å². The Morgan fingerprint density at radius 2 is 1.97 bits per heavy atom. The highest BCUT2D eigenvalue weighted by atomic mass is 35.5. The molecule has 2 aliphatic heterocycles. The van der Waals surface area contributed by atoms with Gasteiger partial charge in [0.2, 0.25) is 0 Å². The predicted molar refractivity (Wildman–Crippen MR) is 123 cm³/mol. The maximum atomic E-state index is 14.8. The number of carbonyl (C=O) groups is 2. The quantitative estimate of drug-likeness (QED) is 0.542. The molecule has 194 valence electrons. The summed E-state index contributed by atoms with van der Waals surface area (Å²) >= 11 is 5.63. The number of benzene rings is 1. The number of aliphatic carboxylic acids is 1. The lowest BCUT2D eigenvalue weighted by molar-refractivity contribution is -0.141. The molecule has 4 rings (SSSR count). The molecule has 0 unspecified atom stereocenters. The summed E-state index contributed by atoms with van der Waals surface area (Å²) in [6, 6.07) is 2.38. The molecule has 3 heterocycles. The SMILES string of the molecule is Cc1cc(C(=O)N2CCC[C@H]2C(=O)O)c(F)cc1OCC1(C)CN(c2cc(C(F)(F)F)c(Cl)cn2)C1. The first-order valence-corrected chi connectivity index (χ1v) is 11.6. The topological polar surface area (TPSA) is 83.0 Å². The highest BCUT2D eigenvalue weighted by Crippen LogP contribution is 2.39. The van der Waals surface area contributed by atoms with Crippen LogP contribution in [0.1, 0.15) is 41.3 Å². The van der Waals surface area contributed by atoms with Crippen molar-refractivity contribution in [3.63, 3.8) is 0 Å². The minimum Gasteiger partial charge on any atom is -0.492 e. The zero-order valence-corrected chi connectivity index (χ0v) is 20.3. The van der Waals surface area contributed by atoms with Crippen LogP contribution in [-0.4, -0.2) is 59.1 Å². The maximum absolute atomic E-state index is 14.8. The number of nitrogens with zero attached hydrogens (tertiary/aromatic N) is 3. The first kappa shape index (κ1) is 26.0. The van der Waals surface area contributed by atoms with Crippen LogP contribution >= 0.6 is 11.6 Å². The van der Waals surface area contributed by atoms with Crippen molar-refractivity contribution < 1.29 is 37.0 Å². The standard InChI is InChI=1S/C24H24ClF4N3O4/c1-13-6-14(21(33)32-5-3-4-18(32)22(34)35)17(26)8-19(13)36-12-23(2)10-31(11-23)20-7-15(24(27,28)29)16(25)9-30-20/h6-9,18H,3-5,10-12H2,1-2H3,(H,34,35)/t18-/m0/s1. The Morgan fingerprint density at radius 1 is 1.28 bits per heavy atom. The Balaban J connectivity index is 1.41. The van der Waals surface area contributed by atoms with E-state index in [0.717, 1.165) is 18.3 Å². The van der Waals surface area contributed by atoms with E-state index in [0.29, 0.717) is 31.5 Å². The van der Waals surface area contributed by atoms with Crippen molar-refractivity contribution in [3.05, 3.63) is 51.9 Å². The number of likely N-dealkylation sites (tertiary alicyclic amines) is 1. The zero-order valence-electron chi connectivity index (χ0n) is 19.5. The van der Waals surface area contributed by atoms with Gasteiger partial charge < -0.3 is 19.6 Å². The summed E-state index contributed by atoms with van der Waals surface area (Å²) in [5.41, 5.74) is -1.10. The number of amides is 1. The summed E-state index contributed by atoms with van der Waals surface area (Å²) in [5, 5.41) is 8.83. The van der Waals surface area contributed by atoms with Gasteiger partial charge in [-0.3, -0.25) is 4.79 Å². The molecule has 1 atom stereocenters. The molecule has 2 aromatic rings. The Hall–Kier alpha value is -3.08. The van der Waals surface area contributed by atoms with Gasteiger partial charge in [-0.15, -0.1) is 0 Å². The van der Waals surface area contributed by atoms with E-state index in [1.807, 2.05) is 6.92 Å². The van der Waals surface area contributed by atoms with Crippen LogP contribution < -0.4 is 9.64 Å². The molecule has 36 heavy (non-hydrogen) atoms. The van der Waals surface area contributed by atoms with Crippen LogP contribution in [0.2, 0.25) is 5.02 Å². The van der Waals surface area contributed by atoms with Gasteiger partial charge in [0.15, 0.2) is 0 Å².